The third-order valence-corrected chi connectivity index (χ3v) is 3.05. The molecule has 1 unspecified atom stereocenters. The Labute approximate surface area is 112 Å². The zero-order valence-corrected chi connectivity index (χ0v) is 10.8. The molecule has 0 saturated heterocycles. The lowest BCUT2D eigenvalue weighted by Crippen LogP contribution is -2.32. The molecule has 2 rings (SSSR count). The van der Waals surface area contributed by atoms with Crippen LogP contribution in [0, 0.1) is 0 Å². The molecule has 2 aromatic rings. The summed E-state index contributed by atoms with van der Waals surface area (Å²) in [6.07, 6.45) is 4.41. The minimum absolute atomic E-state index is 0.234. The summed E-state index contributed by atoms with van der Waals surface area (Å²) in [5.74, 6) is 1.36. The van der Waals surface area contributed by atoms with Gasteiger partial charge in [-0.25, -0.2) is 9.97 Å². The molecule has 1 atom stereocenters. The normalized spacial score (nSPS) is 12.3. The van der Waals surface area contributed by atoms with Gasteiger partial charge in [0.1, 0.15) is 5.82 Å². The van der Waals surface area contributed by atoms with Crippen molar-refractivity contribution in [1.29, 1.82) is 0 Å². The van der Waals surface area contributed by atoms with E-state index in [0.29, 0.717) is 12.4 Å². The zero-order chi connectivity index (χ0) is 12.6. The maximum absolute atomic E-state index is 5.98. The van der Waals surface area contributed by atoms with E-state index in [2.05, 4.69) is 27.4 Å². The number of halogens is 1. The van der Waals surface area contributed by atoms with E-state index in [-0.39, 0.29) is 6.04 Å². The van der Waals surface area contributed by atoms with Gasteiger partial charge in [0, 0.05) is 24.3 Å². The van der Waals surface area contributed by atoms with Crippen molar-refractivity contribution in [3.63, 3.8) is 0 Å². The Morgan fingerprint density at radius 3 is 2.44 bits per heavy atom. The predicted octanol–water partition coefficient (Wildman–Crippen LogP) is 2.42. The van der Waals surface area contributed by atoms with E-state index in [1.54, 1.807) is 12.4 Å². The summed E-state index contributed by atoms with van der Waals surface area (Å²) >= 11 is 5.98. The molecule has 0 aliphatic heterocycles. The highest BCUT2D eigenvalue weighted by Gasteiger charge is 2.08. The molecular weight excluding hydrogens is 246 g/mol. The van der Waals surface area contributed by atoms with E-state index in [1.807, 2.05) is 24.3 Å². The van der Waals surface area contributed by atoms with Gasteiger partial charge in [0.25, 0.3) is 0 Å². The summed E-state index contributed by atoms with van der Waals surface area (Å²) in [5, 5.41) is 3.38. The quantitative estimate of drug-likeness (QED) is 0.812. The average molecular weight is 262 g/mol. The van der Waals surface area contributed by atoms with Gasteiger partial charge in [0.15, 0.2) is 0 Å². The molecular formula is C14H16ClN3. The van der Waals surface area contributed by atoms with Crippen LogP contribution in [0.1, 0.15) is 11.4 Å². The lowest BCUT2D eigenvalue weighted by atomic mass is 10.1. The molecule has 94 valence electrons. The van der Waals surface area contributed by atoms with Crippen LogP contribution in [0.5, 0.6) is 0 Å². The van der Waals surface area contributed by atoms with Crippen LogP contribution in [0.25, 0.3) is 0 Å². The second-order valence-electron chi connectivity index (χ2n) is 4.09. The van der Waals surface area contributed by atoms with Crippen LogP contribution in [0.2, 0.25) is 0 Å². The Bertz CT molecular complexity index is 447. The lowest BCUT2D eigenvalue weighted by molar-refractivity contribution is 0.537. The van der Waals surface area contributed by atoms with Crippen molar-refractivity contribution in [1.82, 2.24) is 15.3 Å². The van der Waals surface area contributed by atoms with Crippen LogP contribution in [0.15, 0.2) is 48.8 Å². The largest absolute Gasteiger partial charge is 0.306 e. The highest BCUT2D eigenvalue weighted by Crippen LogP contribution is 2.05. The first-order chi connectivity index (χ1) is 8.88. The van der Waals surface area contributed by atoms with Crippen molar-refractivity contribution < 1.29 is 0 Å². The number of nitrogens with zero attached hydrogens (tertiary/aromatic N) is 2. The smallest absolute Gasteiger partial charge is 0.141 e. The third kappa shape index (κ3) is 4.09. The summed E-state index contributed by atoms with van der Waals surface area (Å²) in [5.41, 5.74) is 1.28. The summed E-state index contributed by atoms with van der Waals surface area (Å²) < 4.78 is 0. The first-order valence-corrected chi connectivity index (χ1v) is 6.51. The average Bonchev–Trinajstić information content (AvgIpc) is 2.45. The Morgan fingerprint density at radius 2 is 1.78 bits per heavy atom. The first-order valence-electron chi connectivity index (χ1n) is 5.97. The van der Waals surface area contributed by atoms with E-state index >= 15 is 0 Å². The molecule has 0 amide bonds. The molecule has 0 radical (unpaired) electrons. The monoisotopic (exact) mass is 261 g/mol. The van der Waals surface area contributed by atoms with E-state index < -0.39 is 0 Å². The van der Waals surface area contributed by atoms with Gasteiger partial charge in [-0.05, 0) is 18.1 Å². The number of rotatable bonds is 6. The summed E-state index contributed by atoms with van der Waals surface area (Å²) in [4.78, 5) is 8.35. The minimum Gasteiger partial charge on any atom is -0.306 e. The van der Waals surface area contributed by atoms with Crippen molar-refractivity contribution in [2.24, 2.45) is 0 Å². The van der Waals surface area contributed by atoms with E-state index in [4.69, 9.17) is 11.6 Å². The fourth-order valence-corrected chi connectivity index (χ4v) is 1.95. The van der Waals surface area contributed by atoms with E-state index in [9.17, 15) is 0 Å². The molecule has 18 heavy (non-hydrogen) atoms. The van der Waals surface area contributed by atoms with Gasteiger partial charge >= 0.3 is 0 Å². The topological polar surface area (TPSA) is 37.8 Å². The van der Waals surface area contributed by atoms with Gasteiger partial charge in [-0.15, -0.1) is 11.6 Å². The Balaban J connectivity index is 1.86. The minimum atomic E-state index is 0.234. The molecule has 1 aromatic heterocycles. The maximum Gasteiger partial charge on any atom is 0.141 e. The SMILES string of the molecule is ClCC(Cc1ccccc1)NCc1ncccn1. The van der Waals surface area contributed by atoms with Crippen LogP contribution >= 0.6 is 11.6 Å². The van der Waals surface area contributed by atoms with Crippen molar-refractivity contribution >= 4 is 11.6 Å². The van der Waals surface area contributed by atoms with Crippen LogP contribution in [-0.2, 0) is 13.0 Å². The molecule has 0 spiro atoms. The molecule has 1 heterocycles. The van der Waals surface area contributed by atoms with Gasteiger partial charge in [-0.2, -0.15) is 0 Å². The molecule has 0 aliphatic carbocycles. The van der Waals surface area contributed by atoms with Crippen LogP contribution < -0.4 is 5.32 Å². The molecule has 4 heteroatoms. The first kappa shape index (κ1) is 13.0. The lowest BCUT2D eigenvalue weighted by Gasteiger charge is -2.15. The predicted molar refractivity (Wildman–Crippen MR) is 73.5 cm³/mol. The third-order valence-electron chi connectivity index (χ3n) is 2.68. The Morgan fingerprint density at radius 1 is 1.06 bits per heavy atom. The molecule has 0 bridgehead atoms. The second kappa shape index (κ2) is 7.09. The molecule has 0 fully saturated rings. The number of nitrogens with one attached hydrogen (secondary N) is 1. The van der Waals surface area contributed by atoms with Crippen molar-refractivity contribution in [3.8, 4) is 0 Å². The molecule has 3 nitrogen and oxygen atoms in total. The van der Waals surface area contributed by atoms with Crippen molar-refractivity contribution in [3.05, 3.63) is 60.2 Å². The van der Waals surface area contributed by atoms with Gasteiger partial charge in [-0.3, -0.25) is 0 Å². The Kier molecular flexibility index (Phi) is 5.12. The number of alkyl halides is 1. The van der Waals surface area contributed by atoms with Crippen molar-refractivity contribution in [2.45, 2.75) is 19.0 Å². The molecule has 1 N–H and O–H groups in total. The molecule has 0 saturated carbocycles. The van der Waals surface area contributed by atoms with Gasteiger partial charge in [0.2, 0.25) is 0 Å². The number of benzene rings is 1. The number of hydrogen-bond acceptors (Lipinski definition) is 3. The Hall–Kier alpha value is -1.45. The highest BCUT2D eigenvalue weighted by atomic mass is 35.5. The van der Waals surface area contributed by atoms with Crippen LogP contribution in [-0.4, -0.2) is 21.9 Å². The van der Waals surface area contributed by atoms with E-state index in [1.165, 1.54) is 5.56 Å². The maximum atomic E-state index is 5.98. The van der Waals surface area contributed by atoms with Gasteiger partial charge in [0.05, 0.1) is 6.54 Å². The fourth-order valence-electron chi connectivity index (χ4n) is 1.74. The standard InChI is InChI=1S/C14H16ClN3/c15-10-13(9-12-5-2-1-3-6-12)18-11-14-16-7-4-8-17-14/h1-8,13,18H,9-11H2. The summed E-state index contributed by atoms with van der Waals surface area (Å²) in [6.45, 7) is 0.644. The van der Waals surface area contributed by atoms with Gasteiger partial charge in [-0.1, -0.05) is 30.3 Å². The second-order valence-corrected chi connectivity index (χ2v) is 4.40. The fraction of sp³-hybridized carbons (Fsp3) is 0.286. The molecule has 0 aliphatic rings. The number of aromatic nitrogens is 2. The van der Waals surface area contributed by atoms with E-state index in [0.717, 1.165) is 12.2 Å². The van der Waals surface area contributed by atoms with Gasteiger partial charge < -0.3 is 5.32 Å². The van der Waals surface area contributed by atoms with Crippen molar-refractivity contribution in [2.75, 3.05) is 5.88 Å². The number of hydrogen-bond donors (Lipinski definition) is 1. The summed E-state index contributed by atoms with van der Waals surface area (Å²) in [6, 6.07) is 12.4. The summed E-state index contributed by atoms with van der Waals surface area (Å²) in [7, 11) is 0. The van der Waals surface area contributed by atoms with Crippen LogP contribution in [0.3, 0.4) is 0 Å². The molecule has 1 aromatic carbocycles. The highest BCUT2D eigenvalue weighted by molar-refractivity contribution is 6.18. The van der Waals surface area contributed by atoms with Crippen LogP contribution in [0.4, 0.5) is 0 Å². The zero-order valence-electron chi connectivity index (χ0n) is 10.1.